The molecule has 0 aliphatic rings. The summed E-state index contributed by atoms with van der Waals surface area (Å²) < 4.78 is 1.25. The molecule has 0 aliphatic heterocycles. The van der Waals surface area contributed by atoms with Crippen LogP contribution in [0.1, 0.15) is 5.56 Å². The summed E-state index contributed by atoms with van der Waals surface area (Å²) >= 11 is 1.72. The van der Waals surface area contributed by atoms with E-state index in [9.17, 15) is 4.79 Å². The maximum atomic E-state index is 10.9. The molecular weight excluding hydrogens is 264 g/mol. The molecule has 0 fully saturated rings. The smallest absolute Gasteiger partial charge is 0.124 e. The van der Waals surface area contributed by atoms with Gasteiger partial charge in [-0.3, -0.25) is 0 Å². The summed E-state index contributed by atoms with van der Waals surface area (Å²) in [6, 6.07) is 17.2. The van der Waals surface area contributed by atoms with Gasteiger partial charge in [-0.15, -0.1) is 11.3 Å². The summed E-state index contributed by atoms with van der Waals surface area (Å²) in [5.41, 5.74) is 1.14. The van der Waals surface area contributed by atoms with Crippen LogP contribution in [0.15, 0.2) is 53.9 Å². The lowest BCUT2D eigenvalue weighted by Gasteiger charge is -2.06. The van der Waals surface area contributed by atoms with E-state index >= 15 is 0 Å². The second-order valence-electron chi connectivity index (χ2n) is 4.95. The van der Waals surface area contributed by atoms with Crippen LogP contribution in [0.25, 0.3) is 31.6 Å². The lowest BCUT2D eigenvalue weighted by molar-refractivity contribution is -0.107. The highest BCUT2D eigenvalue weighted by Crippen LogP contribution is 2.36. The first kappa shape index (κ1) is 11.6. The molecular formula is C18H12OS. The molecule has 1 heterocycles. The zero-order valence-electron chi connectivity index (χ0n) is 10.8. The Morgan fingerprint density at radius 1 is 0.900 bits per heavy atom. The first-order valence-corrected chi connectivity index (χ1v) is 7.50. The number of hydrogen-bond acceptors (Lipinski definition) is 2. The van der Waals surface area contributed by atoms with Gasteiger partial charge < -0.3 is 4.79 Å². The number of benzene rings is 3. The number of carbonyl (C=O) groups excluding carboxylic acids is 1. The van der Waals surface area contributed by atoms with Crippen LogP contribution in [-0.4, -0.2) is 6.29 Å². The summed E-state index contributed by atoms with van der Waals surface area (Å²) in [5.74, 6) is 0. The summed E-state index contributed by atoms with van der Waals surface area (Å²) in [6.45, 7) is 0. The van der Waals surface area contributed by atoms with Crippen molar-refractivity contribution in [3.63, 3.8) is 0 Å². The summed E-state index contributed by atoms with van der Waals surface area (Å²) in [7, 11) is 0. The SMILES string of the molecule is O=CCc1csc2ccc3c4ccccc4ccc3c12. The topological polar surface area (TPSA) is 17.1 Å². The zero-order chi connectivity index (χ0) is 13.5. The van der Waals surface area contributed by atoms with Gasteiger partial charge in [0.2, 0.25) is 0 Å². The van der Waals surface area contributed by atoms with Crippen molar-refractivity contribution in [1.82, 2.24) is 0 Å². The Hall–Kier alpha value is -2.19. The molecule has 0 aliphatic carbocycles. The molecule has 4 aromatic rings. The molecule has 0 amide bonds. The van der Waals surface area contributed by atoms with Gasteiger partial charge in [0.25, 0.3) is 0 Å². The molecule has 96 valence electrons. The maximum Gasteiger partial charge on any atom is 0.124 e. The van der Waals surface area contributed by atoms with Crippen LogP contribution in [-0.2, 0) is 11.2 Å². The highest BCUT2D eigenvalue weighted by atomic mass is 32.1. The minimum absolute atomic E-state index is 0.492. The third kappa shape index (κ3) is 1.58. The fraction of sp³-hybridized carbons (Fsp3) is 0.0556. The normalized spacial score (nSPS) is 11.4. The van der Waals surface area contributed by atoms with Gasteiger partial charge in [0.15, 0.2) is 0 Å². The Kier molecular flexibility index (Phi) is 2.57. The van der Waals surface area contributed by atoms with Gasteiger partial charge in [0.05, 0.1) is 0 Å². The number of aldehydes is 1. The van der Waals surface area contributed by atoms with Gasteiger partial charge in [0.1, 0.15) is 6.29 Å². The number of thiophene rings is 1. The van der Waals surface area contributed by atoms with Crippen LogP contribution in [0.4, 0.5) is 0 Å². The molecule has 0 atom stereocenters. The number of hydrogen-bond donors (Lipinski definition) is 0. The molecule has 0 N–H and O–H groups in total. The second kappa shape index (κ2) is 4.43. The van der Waals surface area contributed by atoms with Crippen molar-refractivity contribution in [2.75, 3.05) is 0 Å². The van der Waals surface area contributed by atoms with Crippen molar-refractivity contribution in [3.8, 4) is 0 Å². The predicted octanol–water partition coefficient (Wildman–Crippen LogP) is 4.95. The molecule has 0 radical (unpaired) electrons. The van der Waals surface area contributed by atoms with E-state index in [1.165, 1.54) is 31.6 Å². The fourth-order valence-corrected chi connectivity index (χ4v) is 3.92. The second-order valence-corrected chi connectivity index (χ2v) is 5.86. The van der Waals surface area contributed by atoms with Gasteiger partial charge >= 0.3 is 0 Å². The molecule has 1 aromatic heterocycles. The third-order valence-electron chi connectivity index (χ3n) is 3.84. The van der Waals surface area contributed by atoms with E-state index in [4.69, 9.17) is 0 Å². The van der Waals surface area contributed by atoms with Gasteiger partial charge in [-0.05, 0) is 38.6 Å². The van der Waals surface area contributed by atoms with Crippen LogP contribution in [0.5, 0.6) is 0 Å². The van der Waals surface area contributed by atoms with Crippen LogP contribution in [0, 0.1) is 0 Å². The number of fused-ring (bicyclic) bond motifs is 5. The van der Waals surface area contributed by atoms with E-state index in [0.717, 1.165) is 11.8 Å². The molecule has 0 spiro atoms. The number of rotatable bonds is 2. The number of carbonyl (C=O) groups is 1. The lowest BCUT2D eigenvalue weighted by atomic mass is 9.98. The molecule has 0 saturated carbocycles. The predicted molar refractivity (Wildman–Crippen MR) is 86.6 cm³/mol. The maximum absolute atomic E-state index is 10.9. The molecule has 1 nitrogen and oxygen atoms in total. The Bertz CT molecular complexity index is 950. The van der Waals surface area contributed by atoms with Gasteiger partial charge in [0, 0.05) is 16.5 Å². The van der Waals surface area contributed by atoms with E-state index in [2.05, 4.69) is 53.9 Å². The molecule has 0 unspecified atom stereocenters. The quantitative estimate of drug-likeness (QED) is 0.374. The van der Waals surface area contributed by atoms with E-state index < -0.39 is 0 Å². The lowest BCUT2D eigenvalue weighted by Crippen LogP contribution is -1.85. The minimum Gasteiger partial charge on any atom is -0.303 e. The van der Waals surface area contributed by atoms with Crippen LogP contribution in [0.2, 0.25) is 0 Å². The zero-order valence-corrected chi connectivity index (χ0v) is 11.6. The molecule has 4 rings (SSSR count). The average molecular weight is 276 g/mol. The van der Waals surface area contributed by atoms with Crippen molar-refractivity contribution in [2.24, 2.45) is 0 Å². The Morgan fingerprint density at radius 3 is 2.65 bits per heavy atom. The minimum atomic E-state index is 0.492. The van der Waals surface area contributed by atoms with Crippen LogP contribution in [0.3, 0.4) is 0 Å². The summed E-state index contributed by atoms with van der Waals surface area (Å²) in [5, 5.41) is 8.39. The Balaban J connectivity index is 2.21. The summed E-state index contributed by atoms with van der Waals surface area (Å²) in [6.07, 6.45) is 1.48. The molecule has 2 heteroatoms. The van der Waals surface area contributed by atoms with Crippen LogP contribution >= 0.6 is 11.3 Å². The van der Waals surface area contributed by atoms with E-state index in [0.29, 0.717) is 6.42 Å². The van der Waals surface area contributed by atoms with Gasteiger partial charge in [-0.25, -0.2) is 0 Å². The Labute approximate surface area is 120 Å². The molecule has 20 heavy (non-hydrogen) atoms. The van der Waals surface area contributed by atoms with Crippen molar-refractivity contribution >= 4 is 49.3 Å². The van der Waals surface area contributed by atoms with Gasteiger partial charge in [-0.1, -0.05) is 42.5 Å². The van der Waals surface area contributed by atoms with Crippen molar-refractivity contribution in [1.29, 1.82) is 0 Å². The first-order chi connectivity index (χ1) is 9.88. The Morgan fingerprint density at radius 2 is 1.75 bits per heavy atom. The highest BCUT2D eigenvalue weighted by Gasteiger charge is 2.09. The standard InChI is InChI=1S/C18H12OS/c19-10-9-13-11-20-17-8-7-15-14-4-2-1-3-12(14)5-6-16(15)18(13)17/h1-8,10-11H,9H2. The first-order valence-electron chi connectivity index (χ1n) is 6.62. The highest BCUT2D eigenvalue weighted by molar-refractivity contribution is 7.17. The van der Waals surface area contributed by atoms with E-state index in [-0.39, 0.29) is 0 Å². The molecule has 3 aromatic carbocycles. The summed E-state index contributed by atoms with van der Waals surface area (Å²) in [4.78, 5) is 10.9. The fourth-order valence-electron chi connectivity index (χ4n) is 2.93. The van der Waals surface area contributed by atoms with Crippen molar-refractivity contribution in [3.05, 3.63) is 59.5 Å². The average Bonchev–Trinajstić information content (AvgIpc) is 2.91. The van der Waals surface area contributed by atoms with Crippen molar-refractivity contribution < 1.29 is 4.79 Å². The molecule has 0 bridgehead atoms. The molecule has 0 saturated heterocycles. The largest absolute Gasteiger partial charge is 0.303 e. The van der Waals surface area contributed by atoms with E-state index in [1.807, 2.05) is 0 Å². The third-order valence-corrected chi connectivity index (χ3v) is 4.84. The van der Waals surface area contributed by atoms with Crippen LogP contribution < -0.4 is 0 Å². The monoisotopic (exact) mass is 276 g/mol. The van der Waals surface area contributed by atoms with Gasteiger partial charge in [-0.2, -0.15) is 0 Å². The van der Waals surface area contributed by atoms with Crippen molar-refractivity contribution in [2.45, 2.75) is 6.42 Å². The van der Waals surface area contributed by atoms with E-state index in [1.54, 1.807) is 11.3 Å².